The van der Waals surface area contributed by atoms with Crippen LogP contribution in [0.15, 0.2) is 71.6 Å². The predicted molar refractivity (Wildman–Crippen MR) is 104 cm³/mol. The number of nitrogens with one attached hydrogen (secondary N) is 1. The number of anilines is 1. The van der Waals surface area contributed by atoms with Crippen LogP contribution in [0.1, 0.15) is 42.2 Å². The normalized spacial score (nSPS) is 12.9. The van der Waals surface area contributed by atoms with Crippen molar-refractivity contribution < 1.29 is 27.4 Å². The van der Waals surface area contributed by atoms with Gasteiger partial charge in [0.05, 0.1) is 16.8 Å². The molecule has 0 spiro atoms. The Morgan fingerprint density at radius 3 is 2.00 bits per heavy atom. The van der Waals surface area contributed by atoms with E-state index in [0.717, 1.165) is 6.07 Å². The molecule has 7 nitrogen and oxygen atoms in total. The molecule has 1 aliphatic rings. The molecule has 1 amide bonds. The van der Waals surface area contributed by atoms with Crippen LogP contribution in [0, 0.1) is 0 Å². The fourth-order valence-electron chi connectivity index (χ4n) is 3.31. The van der Waals surface area contributed by atoms with Crippen molar-refractivity contribution >= 4 is 33.3 Å². The number of hydrogen-bond donors (Lipinski definition) is 2. The van der Waals surface area contributed by atoms with Gasteiger partial charge >= 0.3 is 0 Å². The maximum Gasteiger partial charge on any atom is 0.295 e. The third-order valence-corrected chi connectivity index (χ3v) is 5.49. The van der Waals surface area contributed by atoms with E-state index < -0.39 is 32.5 Å². The number of hydrogen-bond acceptors (Lipinski definition) is 5. The fourth-order valence-corrected chi connectivity index (χ4v) is 4.02. The minimum absolute atomic E-state index is 0.0261. The molecule has 0 aromatic heterocycles. The smallest absolute Gasteiger partial charge is 0.295 e. The van der Waals surface area contributed by atoms with Crippen molar-refractivity contribution in [3.8, 4) is 0 Å². The van der Waals surface area contributed by atoms with Crippen LogP contribution in [-0.2, 0) is 10.1 Å². The molecule has 0 heterocycles. The summed E-state index contributed by atoms with van der Waals surface area (Å²) < 4.78 is 32.8. The van der Waals surface area contributed by atoms with E-state index in [9.17, 15) is 27.4 Å². The highest BCUT2D eigenvalue weighted by molar-refractivity contribution is 7.86. The molecule has 4 rings (SSSR count). The van der Waals surface area contributed by atoms with E-state index in [-0.39, 0.29) is 27.9 Å². The van der Waals surface area contributed by atoms with Gasteiger partial charge in [-0.3, -0.25) is 18.9 Å². The standard InChI is InChI=1S/C21H13NO6S/c23-19-14-9-5-11-16(29(26,27)28)18(14)20(24)13-8-4-10-15(17(13)19)22-21(25)12-6-2-1-3-7-12/h1-11H,(H,22,25)(H,26,27,28). The highest BCUT2D eigenvalue weighted by atomic mass is 32.2. The second-order valence-corrected chi connectivity index (χ2v) is 7.75. The van der Waals surface area contributed by atoms with Crippen molar-refractivity contribution in [2.24, 2.45) is 0 Å². The topological polar surface area (TPSA) is 118 Å². The molecule has 0 radical (unpaired) electrons. The van der Waals surface area contributed by atoms with Crippen molar-refractivity contribution in [3.05, 3.63) is 94.5 Å². The highest BCUT2D eigenvalue weighted by Crippen LogP contribution is 2.35. The predicted octanol–water partition coefficient (Wildman–Crippen LogP) is 2.96. The van der Waals surface area contributed by atoms with Crippen molar-refractivity contribution in [3.63, 3.8) is 0 Å². The monoisotopic (exact) mass is 407 g/mol. The summed E-state index contributed by atoms with van der Waals surface area (Å²) in [6.45, 7) is 0. The summed E-state index contributed by atoms with van der Waals surface area (Å²) in [5, 5.41) is 2.63. The molecule has 2 N–H and O–H groups in total. The van der Waals surface area contributed by atoms with Gasteiger partial charge in [0.2, 0.25) is 0 Å². The molecule has 0 fully saturated rings. The van der Waals surface area contributed by atoms with Crippen molar-refractivity contribution in [1.29, 1.82) is 0 Å². The van der Waals surface area contributed by atoms with E-state index in [1.165, 1.54) is 30.3 Å². The molecule has 0 aliphatic heterocycles. The van der Waals surface area contributed by atoms with Gasteiger partial charge in [-0.05, 0) is 24.3 Å². The van der Waals surface area contributed by atoms with E-state index in [2.05, 4.69) is 5.32 Å². The number of fused-ring (bicyclic) bond motifs is 2. The lowest BCUT2D eigenvalue weighted by Crippen LogP contribution is -2.25. The van der Waals surface area contributed by atoms with Crippen LogP contribution in [0.2, 0.25) is 0 Å². The number of carbonyl (C=O) groups excluding carboxylic acids is 3. The summed E-state index contributed by atoms with van der Waals surface area (Å²) in [6, 6.07) is 16.3. The van der Waals surface area contributed by atoms with Crippen LogP contribution >= 0.6 is 0 Å². The molecule has 29 heavy (non-hydrogen) atoms. The van der Waals surface area contributed by atoms with E-state index in [4.69, 9.17) is 0 Å². The highest BCUT2D eigenvalue weighted by Gasteiger charge is 2.36. The molecule has 1 aliphatic carbocycles. The van der Waals surface area contributed by atoms with E-state index in [1.54, 1.807) is 30.3 Å². The Morgan fingerprint density at radius 1 is 0.759 bits per heavy atom. The maximum atomic E-state index is 13.1. The largest absolute Gasteiger partial charge is 0.321 e. The lowest BCUT2D eigenvalue weighted by atomic mass is 9.83. The van der Waals surface area contributed by atoms with Gasteiger partial charge in [0, 0.05) is 16.7 Å². The Kier molecular flexibility index (Phi) is 4.37. The molecule has 0 atom stereocenters. The Bertz CT molecular complexity index is 1300. The number of ketones is 2. The summed E-state index contributed by atoms with van der Waals surface area (Å²) in [4.78, 5) is 38.0. The first kappa shape index (κ1) is 18.7. The minimum Gasteiger partial charge on any atom is -0.321 e. The molecular formula is C21H13NO6S. The first-order valence-electron chi connectivity index (χ1n) is 8.48. The molecule has 0 unspecified atom stereocenters. The van der Waals surface area contributed by atoms with Crippen LogP contribution < -0.4 is 5.32 Å². The summed E-state index contributed by atoms with van der Waals surface area (Å²) in [6.07, 6.45) is 0. The molecular weight excluding hydrogens is 394 g/mol. The summed E-state index contributed by atoms with van der Waals surface area (Å²) in [5.74, 6) is -1.81. The summed E-state index contributed by atoms with van der Waals surface area (Å²) in [7, 11) is -4.71. The second-order valence-electron chi connectivity index (χ2n) is 6.36. The van der Waals surface area contributed by atoms with Gasteiger partial charge < -0.3 is 5.32 Å². The third kappa shape index (κ3) is 3.14. The van der Waals surface area contributed by atoms with Gasteiger partial charge in [-0.1, -0.05) is 42.5 Å². The SMILES string of the molecule is O=C(Nc1cccc2c1C(=O)c1cccc(S(=O)(=O)O)c1C2=O)c1ccccc1. The van der Waals surface area contributed by atoms with Crippen LogP contribution in [0.3, 0.4) is 0 Å². The minimum atomic E-state index is -4.71. The van der Waals surface area contributed by atoms with Gasteiger partial charge in [0.25, 0.3) is 16.0 Å². The Labute approximate surface area is 165 Å². The molecule has 0 bridgehead atoms. The average Bonchev–Trinajstić information content (AvgIpc) is 2.71. The number of carbonyl (C=O) groups is 3. The first-order chi connectivity index (χ1) is 13.8. The van der Waals surface area contributed by atoms with E-state index in [0.29, 0.717) is 5.56 Å². The van der Waals surface area contributed by atoms with Crippen molar-refractivity contribution in [2.45, 2.75) is 4.90 Å². The van der Waals surface area contributed by atoms with Crippen LogP contribution in [0.25, 0.3) is 0 Å². The van der Waals surface area contributed by atoms with Gasteiger partial charge in [-0.15, -0.1) is 0 Å². The average molecular weight is 407 g/mol. The quantitative estimate of drug-likeness (QED) is 0.504. The number of benzene rings is 3. The van der Waals surface area contributed by atoms with E-state index >= 15 is 0 Å². The van der Waals surface area contributed by atoms with Crippen molar-refractivity contribution in [2.75, 3.05) is 5.32 Å². The van der Waals surface area contributed by atoms with Gasteiger partial charge in [-0.2, -0.15) is 8.42 Å². The summed E-state index contributed by atoms with van der Waals surface area (Å²) in [5.41, 5.74) is -0.101. The third-order valence-electron chi connectivity index (χ3n) is 4.60. The molecule has 3 aromatic rings. The maximum absolute atomic E-state index is 13.1. The molecule has 0 saturated carbocycles. The Balaban J connectivity index is 1.85. The zero-order valence-corrected chi connectivity index (χ0v) is 15.6. The molecule has 3 aromatic carbocycles. The Hall–Kier alpha value is -3.62. The number of rotatable bonds is 3. The number of amides is 1. The first-order valence-corrected chi connectivity index (χ1v) is 9.92. The van der Waals surface area contributed by atoms with Crippen LogP contribution in [-0.4, -0.2) is 30.4 Å². The van der Waals surface area contributed by atoms with Gasteiger partial charge in [-0.25, -0.2) is 0 Å². The van der Waals surface area contributed by atoms with Gasteiger partial charge in [0.1, 0.15) is 4.90 Å². The lowest BCUT2D eigenvalue weighted by Gasteiger charge is -2.21. The van der Waals surface area contributed by atoms with Crippen LogP contribution in [0.4, 0.5) is 5.69 Å². The van der Waals surface area contributed by atoms with Gasteiger partial charge in [0.15, 0.2) is 11.6 Å². The Morgan fingerprint density at radius 2 is 1.34 bits per heavy atom. The molecule has 8 heteroatoms. The zero-order valence-electron chi connectivity index (χ0n) is 14.7. The molecule has 0 saturated heterocycles. The lowest BCUT2D eigenvalue weighted by molar-refractivity contribution is 0.0976. The van der Waals surface area contributed by atoms with Crippen molar-refractivity contribution in [1.82, 2.24) is 0 Å². The van der Waals surface area contributed by atoms with E-state index in [1.807, 2.05) is 0 Å². The fraction of sp³-hybridized carbons (Fsp3) is 0. The summed E-state index contributed by atoms with van der Waals surface area (Å²) >= 11 is 0. The van der Waals surface area contributed by atoms with Crippen LogP contribution in [0.5, 0.6) is 0 Å². The molecule has 144 valence electrons. The zero-order chi connectivity index (χ0) is 20.8. The second kappa shape index (κ2) is 6.77.